The fourth-order valence-corrected chi connectivity index (χ4v) is 1.61. The van der Waals surface area contributed by atoms with E-state index in [0.717, 1.165) is 5.56 Å². The molecule has 16 heavy (non-hydrogen) atoms. The first kappa shape index (κ1) is 13.1. The molecular weight excluding hydrogens is 206 g/mol. The number of benzene rings is 1. The summed E-state index contributed by atoms with van der Waals surface area (Å²) in [5.41, 5.74) is 0.974. The van der Waals surface area contributed by atoms with Gasteiger partial charge in [0.25, 0.3) is 0 Å². The van der Waals surface area contributed by atoms with Crippen LogP contribution in [0.1, 0.15) is 18.0 Å². The van der Waals surface area contributed by atoms with Crippen molar-refractivity contribution in [2.75, 3.05) is 19.8 Å². The largest absolute Gasteiger partial charge is 0.396 e. The normalized spacial score (nSPS) is 14.7. The zero-order valence-electron chi connectivity index (χ0n) is 9.21. The second-order valence-corrected chi connectivity index (χ2v) is 3.70. The maximum Gasteiger partial charge on any atom is 0.0626 e. The van der Waals surface area contributed by atoms with Crippen LogP contribution in [0.25, 0.3) is 0 Å². The summed E-state index contributed by atoms with van der Waals surface area (Å²) < 4.78 is 0. The second-order valence-electron chi connectivity index (χ2n) is 3.70. The van der Waals surface area contributed by atoms with Gasteiger partial charge in [0.1, 0.15) is 0 Å². The molecule has 0 spiro atoms. The van der Waals surface area contributed by atoms with Crippen molar-refractivity contribution in [1.82, 2.24) is 5.32 Å². The zero-order chi connectivity index (χ0) is 11.8. The Morgan fingerprint density at radius 1 is 1.00 bits per heavy atom. The van der Waals surface area contributed by atoms with E-state index < -0.39 is 0 Å². The van der Waals surface area contributed by atoms with E-state index in [1.54, 1.807) is 0 Å². The highest BCUT2D eigenvalue weighted by Crippen LogP contribution is 2.12. The Kier molecular flexibility index (Phi) is 6.03. The van der Waals surface area contributed by atoms with Crippen molar-refractivity contribution in [3.63, 3.8) is 0 Å². The summed E-state index contributed by atoms with van der Waals surface area (Å²) >= 11 is 0. The van der Waals surface area contributed by atoms with Crippen LogP contribution in [0.15, 0.2) is 30.3 Å². The average Bonchev–Trinajstić information content (AvgIpc) is 2.35. The Bertz CT molecular complexity index is 279. The Morgan fingerprint density at radius 2 is 1.69 bits per heavy atom. The van der Waals surface area contributed by atoms with E-state index in [1.807, 2.05) is 30.3 Å². The topological polar surface area (TPSA) is 72.7 Å². The van der Waals surface area contributed by atoms with Gasteiger partial charge in [-0.3, -0.25) is 0 Å². The van der Waals surface area contributed by atoms with Gasteiger partial charge in [-0.15, -0.1) is 0 Å². The van der Waals surface area contributed by atoms with E-state index in [1.165, 1.54) is 0 Å². The van der Waals surface area contributed by atoms with Crippen LogP contribution in [-0.4, -0.2) is 41.2 Å². The highest BCUT2D eigenvalue weighted by atomic mass is 16.3. The van der Waals surface area contributed by atoms with E-state index in [4.69, 9.17) is 10.2 Å². The van der Waals surface area contributed by atoms with Gasteiger partial charge in [0.05, 0.1) is 19.3 Å². The van der Waals surface area contributed by atoms with Crippen molar-refractivity contribution >= 4 is 0 Å². The fourth-order valence-electron chi connectivity index (χ4n) is 1.61. The van der Waals surface area contributed by atoms with Gasteiger partial charge in [0.2, 0.25) is 0 Å². The molecule has 0 amide bonds. The first-order valence-corrected chi connectivity index (χ1v) is 5.45. The molecule has 4 N–H and O–H groups in total. The minimum Gasteiger partial charge on any atom is -0.396 e. The summed E-state index contributed by atoms with van der Waals surface area (Å²) in [5, 5.41) is 30.3. The monoisotopic (exact) mass is 225 g/mol. The minimum atomic E-state index is -0.204. The maximum absolute atomic E-state index is 9.29. The third-order valence-electron chi connectivity index (χ3n) is 2.52. The van der Waals surface area contributed by atoms with Crippen molar-refractivity contribution in [1.29, 1.82) is 0 Å². The lowest BCUT2D eigenvalue weighted by atomic mass is 10.1. The van der Waals surface area contributed by atoms with E-state index >= 15 is 0 Å². The van der Waals surface area contributed by atoms with Crippen molar-refractivity contribution < 1.29 is 15.3 Å². The molecule has 0 aliphatic carbocycles. The Balaban J connectivity index is 2.61. The molecule has 0 heterocycles. The summed E-state index contributed by atoms with van der Waals surface area (Å²) in [6, 6.07) is 9.16. The van der Waals surface area contributed by atoms with Gasteiger partial charge in [0.15, 0.2) is 0 Å². The molecule has 0 aromatic heterocycles. The predicted octanol–water partition coefficient (Wildman–Crippen LogP) is 0.0529. The van der Waals surface area contributed by atoms with Gasteiger partial charge in [0, 0.05) is 12.6 Å². The van der Waals surface area contributed by atoms with Crippen LogP contribution in [0.2, 0.25) is 0 Å². The number of aliphatic hydroxyl groups is 3. The molecule has 0 saturated carbocycles. The summed E-state index contributed by atoms with van der Waals surface area (Å²) in [4.78, 5) is 0. The van der Waals surface area contributed by atoms with Crippen LogP contribution in [0, 0.1) is 0 Å². The maximum atomic E-state index is 9.29. The zero-order valence-corrected chi connectivity index (χ0v) is 9.21. The summed E-state index contributed by atoms with van der Waals surface area (Å²) in [7, 11) is 0. The molecule has 4 heteroatoms. The molecule has 0 aliphatic heterocycles. The number of aliphatic hydroxyl groups excluding tert-OH is 3. The van der Waals surface area contributed by atoms with E-state index in [0.29, 0.717) is 6.42 Å². The van der Waals surface area contributed by atoms with Gasteiger partial charge in [-0.1, -0.05) is 30.3 Å². The molecule has 4 nitrogen and oxygen atoms in total. The summed E-state index contributed by atoms with van der Waals surface area (Å²) in [5.74, 6) is 0. The Labute approximate surface area is 95.6 Å². The van der Waals surface area contributed by atoms with Crippen LogP contribution >= 0.6 is 0 Å². The van der Waals surface area contributed by atoms with E-state index in [9.17, 15) is 5.11 Å². The molecular formula is C12H19NO3. The highest BCUT2D eigenvalue weighted by Gasteiger charge is 2.14. The van der Waals surface area contributed by atoms with E-state index in [2.05, 4.69) is 5.32 Å². The summed E-state index contributed by atoms with van der Waals surface area (Å²) in [6.07, 6.45) is 0.472. The molecule has 0 unspecified atom stereocenters. The van der Waals surface area contributed by atoms with Crippen molar-refractivity contribution in [2.24, 2.45) is 0 Å². The molecule has 0 bridgehead atoms. The van der Waals surface area contributed by atoms with Crippen LogP contribution in [0.4, 0.5) is 0 Å². The second kappa shape index (κ2) is 7.35. The van der Waals surface area contributed by atoms with Gasteiger partial charge in [-0.05, 0) is 12.0 Å². The lowest BCUT2D eigenvalue weighted by Gasteiger charge is -2.23. The van der Waals surface area contributed by atoms with Crippen molar-refractivity contribution in [2.45, 2.75) is 18.5 Å². The molecule has 1 aromatic rings. The van der Waals surface area contributed by atoms with Crippen LogP contribution < -0.4 is 5.32 Å². The van der Waals surface area contributed by atoms with Gasteiger partial charge < -0.3 is 20.6 Å². The van der Waals surface area contributed by atoms with Crippen molar-refractivity contribution in [3.05, 3.63) is 35.9 Å². The third kappa shape index (κ3) is 3.90. The van der Waals surface area contributed by atoms with Crippen LogP contribution in [0.3, 0.4) is 0 Å². The molecule has 0 radical (unpaired) electrons. The summed E-state index contributed by atoms with van der Waals surface area (Å²) in [6.45, 7) is -0.0685. The molecule has 1 rings (SSSR count). The minimum absolute atomic E-state index is 0.0190. The molecule has 0 saturated heterocycles. The van der Waals surface area contributed by atoms with Crippen LogP contribution in [-0.2, 0) is 0 Å². The number of hydrogen-bond acceptors (Lipinski definition) is 4. The number of nitrogens with one attached hydrogen (secondary N) is 1. The SMILES string of the molecule is OCC[C@@H](CO)N[C@@H](CO)c1ccccc1. The number of hydrogen-bond donors (Lipinski definition) is 4. The first-order chi connectivity index (χ1) is 7.81. The fraction of sp³-hybridized carbons (Fsp3) is 0.500. The van der Waals surface area contributed by atoms with Gasteiger partial charge >= 0.3 is 0 Å². The van der Waals surface area contributed by atoms with Crippen molar-refractivity contribution in [3.8, 4) is 0 Å². The lowest BCUT2D eigenvalue weighted by Crippen LogP contribution is -2.37. The molecule has 0 fully saturated rings. The van der Waals surface area contributed by atoms with E-state index in [-0.39, 0.29) is 31.9 Å². The molecule has 2 atom stereocenters. The van der Waals surface area contributed by atoms with Crippen LogP contribution in [0.5, 0.6) is 0 Å². The smallest absolute Gasteiger partial charge is 0.0626 e. The lowest BCUT2D eigenvalue weighted by molar-refractivity contribution is 0.169. The molecule has 0 aliphatic rings. The quantitative estimate of drug-likeness (QED) is 0.529. The Morgan fingerprint density at radius 3 is 2.19 bits per heavy atom. The van der Waals surface area contributed by atoms with Gasteiger partial charge in [-0.2, -0.15) is 0 Å². The Hall–Kier alpha value is -0.940. The molecule has 1 aromatic carbocycles. The average molecular weight is 225 g/mol. The highest BCUT2D eigenvalue weighted by molar-refractivity contribution is 5.19. The standard InChI is InChI=1S/C12H19NO3/c14-7-6-11(8-15)13-12(9-16)10-4-2-1-3-5-10/h1-5,11-16H,6-9H2/t11-,12-/m0/s1. The number of rotatable bonds is 7. The van der Waals surface area contributed by atoms with Gasteiger partial charge in [-0.25, -0.2) is 0 Å². The third-order valence-corrected chi connectivity index (χ3v) is 2.52. The first-order valence-electron chi connectivity index (χ1n) is 5.45. The molecule has 90 valence electrons. The predicted molar refractivity (Wildman–Crippen MR) is 62.0 cm³/mol.